The molecule has 4 nitrogen and oxygen atoms in total. The van der Waals surface area contributed by atoms with E-state index in [4.69, 9.17) is 0 Å². The van der Waals surface area contributed by atoms with E-state index in [0.717, 1.165) is 10.5 Å². The molecule has 0 bridgehead atoms. The van der Waals surface area contributed by atoms with Crippen molar-refractivity contribution in [2.75, 3.05) is 25.9 Å². The van der Waals surface area contributed by atoms with Crippen molar-refractivity contribution in [3.63, 3.8) is 0 Å². The zero-order chi connectivity index (χ0) is 17.2. The highest BCUT2D eigenvalue weighted by atomic mass is 32.2. The van der Waals surface area contributed by atoms with E-state index in [-0.39, 0.29) is 5.82 Å². The van der Waals surface area contributed by atoms with Gasteiger partial charge in [0.1, 0.15) is 5.82 Å². The first kappa shape index (κ1) is 18.1. The molecule has 0 aliphatic rings. The van der Waals surface area contributed by atoms with Crippen LogP contribution in [0.3, 0.4) is 0 Å². The average Bonchev–Trinajstić information content (AvgIpc) is 2.61. The fraction of sp³-hybridized carbons (Fsp3) is 0.278. The summed E-state index contributed by atoms with van der Waals surface area (Å²) >= 11 is 0. The highest BCUT2D eigenvalue weighted by Gasteiger charge is 2.04. The topological polar surface area (TPSA) is 53.5 Å². The van der Waals surface area contributed by atoms with Gasteiger partial charge in [0.05, 0.1) is 10.8 Å². The Morgan fingerprint density at radius 3 is 2.54 bits per heavy atom. The van der Waals surface area contributed by atoms with Crippen LogP contribution in [-0.2, 0) is 17.2 Å². The minimum atomic E-state index is -1.03. The Hall–Kier alpha value is -2.21. The van der Waals surface area contributed by atoms with Gasteiger partial charge in [-0.25, -0.2) is 4.39 Å². The molecule has 2 aromatic rings. The fourth-order valence-electron chi connectivity index (χ4n) is 2.19. The Morgan fingerprint density at radius 2 is 1.83 bits per heavy atom. The molecule has 0 saturated carbocycles. The van der Waals surface area contributed by atoms with E-state index < -0.39 is 10.8 Å². The third-order valence-electron chi connectivity index (χ3n) is 3.40. The number of rotatable bonds is 7. The maximum absolute atomic E-state index is 13.1. The molecular formula is C18H22FN3OS. The Labute approximate surface area is 144 Å². The third-order valence-corrected chi connectivity index (χ3v) is 4.78. The molecule has 0 spiro atoms. The summed E-state index contributed by atoms with van der Waals surface area (Å²) in [5.41, 5.74) is 0.933. The number of aliphatic imine (C=N–C) groups is 1. The predicted octanol–water partition coefficient (Wildman–Crippen LogP) is 2.34. The molecule has 6 heteroatoms. The lowest BCUT2D eigenvalue weighted by Gasteiger charge is -2.12. The van der Waals surface area contributed by atoms with Crippen LogP contribution in [0.25, 0.3) is 0 Å². The molecule has 1 atom stereocenters. The number of guanidine groups is 1. The van der Waals surface area contributed by atoms with Crippen LogP contribution in [0.2, 0.25) is 0 Å². The summed E-state index contributed by atoms with van der Waals surface area (Å²) in [5, 5.41) is 6.31. The van der Waals surface area contributed by atoms with Crippen molar-refractivity contribution >= 4 is 16.8 Å². The van der Waals surface area contributed by atoms with E-state index in [9.17, 15) is 8.60 Å². The number of nitrogens with zero attached hydrogens (tertiary/aromatic N) is 1. The molecule has 2 rings (SSSR count). The van der Waals surface area contributed by atoms with Crippen LogP contribution in [0.1, 0.15) is 5.56 Å². The molecule has 128 valence electrons. The molecule has 0 saturated heterocycles. The number of halogens is 1. The number of hydrogen-bond donors (Lipinski definition) is 2. The van der Waals surface area contributed by atoms with Crippen molar-refractivity contribution in [3.8, 4) is 0 Å². The van der Waals surface area contributed by atoms with Gasteiger partial charge in [-0.2, -0.15) is 0 Å². The molecule has 0 radical (unpaired) electrons. The lowest BCUT2D eigenvalue weighted by Crippen LogP contribution is -2.40. The molecule has 2 N–H and O–H groups in total. The van der Waals surface area contributed by atoms with Crippen LogP contribution in [0.5, 0.6) is 0 Å². The van der Waals surface area contributed by atoms with E-state index >= 15 is 0 Å². The van der Waals surface area contributed by atoms with Gasteiger partial charge in [-0.3, -0.25) is 9.20 Å². The first-order chi connectivity index (χ1) is 11.7. The molecule has 0 aliphatic heterocycles. The lowest BCUT2D eigenvalue weighted by atomic mass is 10.1. The van der Waals surface area contributed by atoms with E-state index in [1.807, 2.05) is 36.4 Å². The van der Waals surface area contributed by atoms with Crippen molar-refractivity contribution in [1.29, 1.82) is 0 Å². The molecular weight excluding hydrogens is 325 g/mol. The standard InChI is InChI=1S/C18H22FN3OS/c1-20-18(21-11-10-15-6-5-7-16(19)14-15)22-12-13-24(23)17-8-3-2-4-9-17/h2-9,14H,10-13H2,1H3,(H2,20,21,22). The van der Waals surface area contributed by atoms with Crippen molar-refractivity contribution < 1.29 is 8.60 Å². The van der Waals surface area contributed by atoms with Crippen LogP contribution < -0.4 is 10.6 Å². The van der Waals surface area contributed by atoms with E-state index in [1.54, 1.807) is 13.1 Å². The Balaban J connectivity index is 1.70. The number of hydrogen-bond acceptors (Lipinski definition) is 2. The summed E-state index contributed by atoms with van der Waals surface area (Å²) in [6.45, 7) is 1.20. The van der Waals surface area contributed by atoms with Crippen molar-refractivity contribution in [3.05, 3.63) is 66.0 Å². The van der Waals surface area contributed by atoms with Crippen LogP contribution in [0.4, 0.5) is 4.39 Å². The smallest absolute Gasteiger partial charge is 0.191 e. The summed E-state index contributed by atoms with van der Waals surface area (Å²) in [6.07, 6.45) is 0.703. The van der Waals surface area contributed by atoms with Gasteiger partial charge in [0, 0.05) is 30.8 Å². The zero-order valence-electron chi connectivity index (χ0n) is 13.7. The summed E-state index contributed by atoms with van der Waals surface area (Å²) in [7, 11) is 0.659. The van der Waals surface area contributed by atoms with Gasteiger partial charge in [0.25, 0.3) is 0 Å². The summed E-state index contributed by atoms with van der Waals surface area (Å²) in [4.78, 5) is 4.95. The normalized spacial score (nSPS) is 12.7. The van der Waals surface area contributed by atoms with Crippen molar-refractivity contribution in [1.82, 2.24) is 10.6 Å². The summed E-state index contributed by atoms with van der Waals surface area (Å²) < 4.78 is 25.2. The first-order valence-corrected chi connectivity index (χ1v) is 9.13. The van der Waals surface area contributed by atoms with E-state index in [2.05, 4.69) is 15.6 Å². The van der Waals surface area contributed by atoms with Gasteiger partial charge < -0.3 is 10.6 Å². The van der Waals surface area contributed by atoms with Gasteiger partial charge in [-0.05, 0) is 36.2 Å². The maximum atomic E-state index is 13.1. The minimum Gasteiger partial charge on any atom is -0.356 e. The Bertz CT molecular complexity index is 692. The van der Waals surface area contributed by atoms with Crippen molar-refractivity contribution in [2.24, 2.45) is 4.99 Å². The summed E-state index contributed by atoms with van der Waals surface area (Å²) in [6, 6.07) is 16.0. The number of nitrogens with one attached hydrogen (secondary N) is 2. The summed E-state index contributed by atoms with van der Waals surface area (Å²) in [5.74, 6) is 0.934. The van der Waals surface area contributed by atoms with Gasteiger partial charge in [-0.15, -0.1) is 0 Å². The molecule has 0 amide bonds. The molecule has 0 heterocycles. The highest BCUT2D eigenvalue weighted by Crippen LogP contribution is 2.05. The van der Waals surface area contributed by atoms with Gasteiger partial charge >= 0.3 is 0 Å². The molecule has 0 aromatic heterocycles. The second-order valence-corrected chi connectivity index (χ2v) is 6.74. The highest BCUT2D eigenvalue weighted by molar-refractivity contribution is 7.85. The van der Waals surface area contributed by atoms with Crippen LogP contribution in [0, 0.1) is 5.82 Å². The predicted molar refractivity (Wildman–Crippen MR) is 97.2 cm³/mol. The Morgan fingerprint density at radius 1 is 1.08 bits per heavy atom. The largest absolute Gasteiger partial charge is 0.356 e. The zero-order valence-corrected chi connectivity index (χ0v) is 14.5. The minimum absolute atomic E-state index is 0.224. The second kappa shape index (κ2) is 9.82. The first-order valence-electron chi connectivity index (χ1n) is 7.81. The van der Waals surface area contributed by atoms with E-state index in [0.29, 0.717) is 31.2 Å². The molecule has 0 fully saturated rings. The molecule has 24 heavy (non-hydrogen) atoms. The molecule has 0 aliphatic carbocycles. The van der Waals surface area contributed by atoms with Gasteiger partial charge in [0.15, 0.2) is 5.96 Å². The van der Waals surface area contributed by atoms with Crippen molar-refractivity contribution in [2.45, 2.75) is 11.3 Å². The maximum Gasteiger partial charge on any atom is 0.191 e. The SMILES string of the molecule is CN=C(NCCc1cccc(F)c1)NCCS(=O)c1ccccc1. The van der Waals surface area contributed by atoms with Gasteiger partial charge in [-0.1, -0.05) is 30.3 Å². The second-order valence-electron chi connectivity index (χ2n) is 5.17. The average molecular weight is 347 g/mol. The van der Waals surface area contributed by atoms with Crippen LogP contribution >= 0.6 is 0 Å². The third kappa shape index (κ3) is 6.12. The lowest BCUT2D eigenvalue weighted by molar-refractivity contribution is 0.625. The van der Waals surface area contributed by atoms with Crippen LogP contribution in [0.15, 0.2) is 64.5 Å². The van der Waals surface area contributed by atoms with Gasteiger partial charge in [0.2, 0.25) is 0 Å². The number of benzene rings is 2. The monoisotopic (exact) mass is 347 g/mol. The fourth-order valence-corrected chi connectivity index (χ4v) is 3.17. The Kier molecular flexibility index (Phi) is 7.42. The van der Waals surface area contributed by atoms with Crippen LogP contribution in [-0.4, -0.2) is 36.1 Å². The quantitative estimate of drug-likeness (QED) is 0.597. The van der Waals surface area contributed by atoms with E-state index in [1.165, 1.54) is 12.1 Å². The molecule has 1 unspecified atom stereocenters. The molecule has 2 aromatic carbocycles.